The Bertz CT molecular complexity index is 668. The maximum absolute atomic E-state index is 12.2. The Morgan fingerprint density at radius 2 is 1.86 bits per heavy atom. The highest BCUT2D eigenvalue weighted by Crippen LogP contribution is 2.33. The zero-order valence-corrected chi connectivity index (χ0v) is 11.7. The van der Waals surface area contributed by atoms with E-state index in [0.29, 0.717) is 5.82 Å². The standard InChI is InChI=1S/C17H16N2O2/c1-12-11-15(20)19(14-9-5-6-10-18-14)16(12)17(21)13-7-3-2-4-8-13/h2-11,16-17,21H,1H3/t16-,17+/m1/s1. The molecular formula is C17H16N2O2. The van der Waals surface area contributed by atoms with Crippen molar-refractivity contribution in [1.29, 1.82) is 0 Å². The fourth-order valence-electron chi connectivity index (χ4n) is 2.66. The third kappa shape index (κ3) is 2.45. The molecule has 0 radical (unpaired) electrons. The lowest BCUT2D eigenvalue weighted by Crippen LogP contribution is -2.39. The molecule has 2 atom stereocenters. The van der Waals surface area contributed by atoms with Crippen LogP contribution in [0.3, 0.4) is 0 Å². The zero-order chi connectivity index (χ0) is 14.8. The fraction of sp³-hybridized carbons (Fsp3) is 0.176. The van der Waals surface area contributed by atoms with E-state index in [0.717, 1.165) is 11.1 Å². The zero-order valence-electron chi connectivity index (χ0n) is 11.7. The maximum atomic E-state index is 12.2. The molecule has 0 spiro atoms. The van der Waals surface area contributed by atoms with Crippen LogP contribution in [0.1, 0.15) is 18.6 Å². The smallest absolute Gasteiger partial charge is 0.252 e. The van der Waals surface area contributed by atoms with Crippen LogP contribution in [0.25, 0.3) is 0 Å². The number of hydrogen-bond acceptors (Lipinski definition) is 3. The summed E-state index contributed by atoms with van der Waals surface area (Å²) < 4.78 is 0. The molecule has 0 unspecified atom stereocenters. The van der Waals surface area contributed by atoms with Gasteiger partial charge in [0.05, 0.1) is 6.04 Å². The Labute approximate surface area is 123 Å². The molecule has 1 amide bonds. The van der Waals surface area contributed by atoms with E-state index in [4.69, 9.17) is 0 Å². The summed E-state index contributed by atoms with van der Waals surface area (Å²) in [7, 11) is 0. The molecule has 21 heavy (non-hydrogen) atoms. The summed E-state index contributed by atoms with van der Waals surface area (Å²) in [4.78, 5) is 18.0. The van der Waals surface area contributed by atoms with Crippen molar-refractivity contribution >= 4 is 11.7 Å². The molecule has 0 bridgehead atoms. The summed E-state index contributed by atoms with van der Waals surface area (Å²) in [5.74, 6) is 0.404. The molecular weight excluding hydrogens is 264 g/mol. The summed E-state index contributed by atoms with van der Waals surface area (Å²) in [6.07, 6.45) is 2.42. The summed E-state index contributed by atoms with van der Waals surface area (Å²) >= 11 is 0. The van der Waals surface area contributed by atoms with Crippen molar-refractivity contribution < 1.29 is 9.90 Å². The third-order valence-corrected chi connectivity index (χ3v) is 3.67. The van der Waals surface area contributed by atoms with Crippen LogP contribution in [0.15, 0.2) is 66.4 Å². The number of aliphatic hydroxyl groups is 1. The lowest BCUT2D eigenvalue weighted by atomic mass is 9.97. The molecule has 0 aliphatic carbocycles. The highest BCUT2D eigenvalue weighted by Gasteiger charge is 2.37. The van der Waals surface area contributed by atoms with E-state index in [2.05, 4.69) is 4.98 Å². The molecule has 0 fully saturated rings. The average Bonchev–Trinajstić information content (AvgIpc) is 2.82. The first-order valence-corrected chi connectivity index (χ1v) is 6.84. The van der Waals surface area contributed by atoms with Gasteiger partial charge in [-0.1, -0.05) is 36.4 Å². The fourth-order valence-corrected chi connectivity index (χ4v) is 2.66. The van der Waals surface area contributed by atoms with Gasteiger partial charge in [0.15, 0.2) is 0 Å². The van der Waals surface area contributed by atoms with Crippen LogP contribution in [0.2, 0.25) is 0 Å². The van der Waals surface area contributed by atoms with Crippen molar-refractivity contribution in [3.8, 4) is 0 Å². The minimum Gasteiger partial charge on any atom is -0.386 e. The normalized spacial score (nSPS) is 19.5. The van der Waals surface area contributed by atoms with Gasteiger partial charge in [0.1, 0.15) is 11.9 Å². The van der Waals surface area contributed by atoms with Crippen molar-refractivity contribution in [2.75, 3.05) is 4.90 Å². The third-order valence-electron chi connectivity index (χ3n) is 3.67. The number of aliphatic hydroxyl groups excluding tert-OH is 1. The molecule has 4 nitrogen and oxygen atoms in total. The Kier molecular flexibility index (Phi) is 3.54. The first-order valence-electron chi connectivity index (χ1n) is 6.84. The molecule has 1 aromatic carbocycles. The maximum Gasteiger partial charge on any atom is 0.252 e. The van der Waals surface area contributed by atoms with Crippen LogP contribution in [0, 0.1) is 0 Å². The number of carbonyl (C=O) groups excluding carboxylic acids is 1. The highest BCUT2D eigenvalue weighted by atomic mass is 16.3. The predicted molar refractivity (Wildman–Crippen MR) is 80.7 cm³/mol. The molecule has 0 saturated carbocycles. The molecule has 2 heterocycles. The molecule has 3 rings (SSSR count). The molecule has 4 heteroatoms. The molecule has 1 aliphatic rings. The monoisotopic (exact) mass is 280 g/mol. The molecule has 1 N–H and O–H groups in total. The highest BCUT2D eigenvalue weighted by molar-refractivity contribution is 6.05. The van der Waals surface area contributed by atoms with Gasteiger partial charge in [0.2, 0.25) is 0 Å². The number of nitrogens with zero attached hydrogens (tertiary/aromatic N) is 2. The van der Waals surface area contributed by atoms with Gasteiger partial charge >= 0.3 is 0 Å². The number of aromatic nitrogens is 1. The number of pyridine rings is 1. The second-order valence-electron chi connectivity index (χ2n) is 5.08. The second-order valence-corrected chi connectivity index (χ2v) is 5.08. The van der Waals surface area contributed by atoms with E-state index in [-0.39, 0.29) is 5.91 Å². The van der Waals surface area contributed by atoms with E-state index in [9.17, 15) is 9.90 Å². The Hall–Kier alpha value is -2.46. The van der Waals surface area contributed by atoms with Gasteiger partial charge in [0.25, 0.3) is 5.91 Å². The summed E-state index contributed by atoms with van der Waals surface area (Å²) in [5.41, 5.74) is 1.62. The molecule has 1 aromatic heterocycles. The number of amides is 1. The number of hydrogen-bond donors (Lipinski definition) is 1. The predicted octanol–water partition coefficient (Wildman–Crippen LogP) is 2.48. The van der Waals surface area contributed by atoms with Gasteiger partial charge in [0, 0.05) is 12.3 Å². The first kappa shape index (κ1) is 13.5. The van der Waals surface area contributed by atoms with Gasteiger partial charge in [-0.15, -0.1) is 0 Å². The number of anilines is 1. The average molecular weight is 280 g/mol. The SMILES string of the molecule is CC1=CC(=O)N(c2ccccn2)[C@H]1[C@@H](O)c1ccccc1. The number of rotatable bonds is 3. The topological polar surface area (TPSA) is 53.4 Å². The van der Waals surface area contributed by atoms with E-state index in [1.807, 2.05) is 43.3 Å². The van der Waals surface area contributed by atoms with Gasteiger partial charge in [-0.3, -0.25) is 9.69 Å². The Balaban J connectivity index is 1.98. The minimum atomic E-state index is -0.782. The van der Waals surface area contributed by atoms with Crippen molar-refractivity contribution in [3.05, 3.63) is 71.9 Å². The van der Waals surface area contributed by atoms with E-state index < -0.39 is 12.1 Å². The number of carbonyl (C=O) groups is 1. The summed E-state index contributed by atoms with van der Waals surface area (Å²) in [5, 5.41) is 10.7. The van der Waals surface area contributed by atoms with Gasteiger partial charge < -0.3 is 5.11 Å². The van der Waals surface area contributed by atoms with Gasteiger partial charge in [-0.2, -0.15) is 0 Å². The van der Waals surface area contributed by atoms with Crippen LogP contribution in [-0.2, 0) is 4.79 Å². The van der Waals surface area contributed by atoms with Crippen LogP contribution in [0.4, 0.5) is 5.82 Å². The lowest BCUT2D eigenvalue weighted by molar-refractivity contribution is -0.114. The summed E-state index contributed by atoms with van der Waals surface area (Å²) in [6, 6.07) is 14.3. The minimum absolute atomic E-state index is 0.147. The van der Waals surface area contributed by atoms with Gasteiger partial charge in [-0.25, -0.2) is 4.98 Å². The van der Waals surface area contributed by atoms with Crippen LogP contribution in [0.5, 0.6) is 0 Å². The van der Waals surface area contributed by atoms with E-state index in [1.165, 1.54) is 0 Å². The van der Waals surface area contributed by atoms with Crippen LogP contribution >= 0.6 is 0 Å². The summed E-state index contributed by atoms with van der Waals surface area (Å²) in [6.45, 7) is 1.86. The van der Waals surface area contributed by atoms with E-state index in [1.54, 1.807) is 29.3 Å². The van der Waals surface area contributed by atoms with Crippen LogP contribution in [-0.4, -0.2) is 22.0 Å². The Morgan fingerprint density at radius 3 is 2.52 bits per heavy atom. The van der Waals surface area contributed by atoms with Crippen LogP contribution < -0.4 is 4.90 Å². The Morgan fingerprint density at radius 1 is 1.14 bits per heavy atom. The van der Waals surface area contributed by atoms with Gasteiger partial charge in [-0.05, 0) is 30.2 Å². The quantitative estimate of drug-likeness (QED) is 0.939. The van der Waals surface area contributed by atoms with E-state index >= 15 is 0 Å². The van der Waals surface area contributed by atoms with Crippen molar-refractivity contribution in [3.63, 3.8) is 0 Å². The molecule has 2 aromatic rings. The number of benzene rings is 1. The molecule has 0 saturated heterocycles. The second kappa shape index (κ2) is 5.50. The molecule has 106 valence electrons. The first-order chi connectivity index (χ1) is 10.2. The van der Waals surface area contributed by atoms with Crippen molar-refractivity contribution in [2.45, 2.75) is 19.1 Å². The lowest BCUT2D eigenvalue weighted by Gasteiger charge is -2.29. The van der Waals surface area contributed by atoms with Crippen molar-refractivity contribution in [1.82, 2.24) is 4.98 Å². The largest absolute Gasteiger partial charge is 0.386 e. The van der Waals surface area contributed by atoms with Crippen molar-refractivity contribution in [2.24, 2.45) is 0 Å². The molecule has 1 aliphatic heterocycles.